The van der Waals surface area contributed by atoms with Gasteiger partial charge < -0.3 is 15.1 Å². The number of furan rings is 1. The fourth-order valence-electron chi connectivity index (χ4n) is 2.21. The number of rotatable bonds is 2. The monoisotopic (exact) mass is 344 g/mol. The van der Waals surface area contributed by atoms with Crippen molar-refractivity contribution in [3.05, 3.63) is 58.8 Å². The number of hydrogen-bond acceptors (Lipinski definition) is 3. The van der Waals surface area contributed by atoms with Crippen molar-refractivity contribution >= 4 is 44.2 Å². The van der Waals surface area contributed by atoms with Crippen LogP contribution in [-0.4, -0.2) is 13.0 Å². The van der Waals surface area contributed by atoms with E-state index in [1.54, 1.807) is 13.1 Å². The summed E-state index contributed by atoms with van der Waals surface area (Å²) in [6.07, 6.45) is 0. The third-order valence-corrected chi connectivity index (χ3v) is 4.02. The maximum absolute atomic E-state index is 12.6. The summed E-state index contributed by atoms with van der Waals surface area (Å²) in [5, 5.41) is 0.751. The molecule has 0 saturated heterocycles. The van der Waals surface area contributed by atoms with Crippen LogP contribution in [0.3, 0.4) is 0 Å². The molecule has 3 rings (SSSR count). The molecule has 0 aliphatic carbocycles. The fraction of sp³-hybridized carbons (Fsp3) is 0.0625. The van der Waals surface area contributed by atoms with Gasteiger partial charge in [-0.2, -0.15) is 0 Å². The minimum absolute atomic E-state index is 0.162. The number of anilines is 2. The van der Waals surface area contributed by atoms with E-state index in [2.05, 4.69) is 15.9 Å². The van der Waals surface area contributed by atoms with Crippen LogP contribution in [0.25, 0.3) is 11.0 Å². The molecule has 2 N–H and O–H groups in total. The van der Waals surface area contributed by atoms with Gasteiger partial charge in [-0.15, -0.1) is 0 Å². The van der Waals surface area contributed by atoms with Gasteiger partial charge in [0.05, 0.1) is 11.4 Å². The Morgan fingerprint density at radius 1 is 1.14 bits per heavy atom. The Morgan fingerprint density at radius 3 is 2.52 bits per heavy atom. The van der Waals surface area contributed by atoms with Crippen molar-refractivity contribution in [1.82, 2.24) is 0 Å². The molecule has 0 fully saturated rings. The van der Waals surface area contributed by atoms with Gasteiger partial charge in [0.25, 0.3) is 5.91 Å². The van der Waals surface area contributed by atoms with Gasteiger partial charge in [-0.25, -0.2) is 0 Å². The van der Waals surface area contributed by atoms with Gasteiger partial charge in [0, 0.05) is 16.9 Å². The number of nitrogens with zero attached hydrogens (tertiary/aromatic N) is 1. The normalized spacial score (nSPS) is 10.8. The Morgan fingerprint density at radius 2 is 1.81 bits per heavy atom. The van der Waals surface area contributed by atoms with Crippen molar-refractivity contribution in [3.63, 3.8) is 0 Å². The van der Waals surface area contributed by atoms with Gasteiger partial charge in [-0.3, -0.25) is 4.79 Å². The molecule has 0 atom stereocenters. The topological polar surface area (TPSA) is 59.5 Å². The molecule has 0 aliphatic heterocycles. The number of carbonyl (C=O) groups excluding carboxylic acids is 1. The van der Waals surface area contributed by atoms with Gasteiger partial charge >= 0.3 is 0 Å². The number of fused-ring (bicyclic) bond motifs is 1. The zero-order chi connectivity index (χ0) is 15.0. The molecule has 0 radical (unpaired) electrons. The fourth-order valence-corrected chi connectivity index (χ4v) is 2.76. The zero-order valence-electron chi connectivity index (χ0n) is 11.3. The molecule has 0 unspecified atom stereocenters. The highest BCUT2D eigenvalue weighted by Crippen LogP contribution is 2.31. The quantitative estimate of drug-likeness (QED) is 0.762. The lowest BCUT2D eigenvalue weighted by Gasteiger charge is -2.17. The largest absolute Gasteiger partial charge is 0.449 e. The van der Waals surface area contributed by atoms with Crippen molar-refractivity contribution in [2.45, 2.75) is 0 Å². The number of amides is 1. The van der Waals surface area contributed by atoms with Crippen LogP contribution < -0.4 is 10.6 Å². The summed E-state index contributed by atoms with van der Waals surface area (Å²) >= 11 is 3.44. The summed E-state index contributed by atoms with van der Waals surface area (Å²) in [6, 6.07) is 14.8. The van der Waals surface area contributed by atoms with Gasteiger partial charge in [0.15, 0.2) is 0 Å². The summed E-state index contributed by atoms with van der Waals surface area (Å²) < 4.78 is 6.44. The first kappa shape index (κ1) is 13.7. The summed E-state index contributed by atoms with van der Waals surface area (Å²) in [5.41, 5.74) is 7.77. The van der Waals surface area contributed by atoms with E-state index >= 15 is 0 Å². The first-order chi connectivity index (χ1) is 10.1. The lowest BCUT2D eigenvalue weighted by Crippen LogP contribution is -2.26. The maximum atomic E-state index is 12.6. The SMILES string of the molecule is CN(C(=O)c1oc2ccccc2c1N)c1ccccc1Br. The van der Waals surface area contributed by atoms with E-state index < -0.39 is 0 Å². The number of benzene rings is 2. The number of halogens is 1. The highest BCUT2D eigenvalue weighted by atomic mass is 79.9. The zero-order valence-corrected chi connectivity index (χ0v) is 12.9. The molecule has 0 spiro atoms. The molecule has 1 aromatic heterocycles. The molecule has 1 amide bonds. The van der Waals surface area contributed by atoms with E-state index in [4.69, 9.17) is 10.2 Å². The lowest BCUT2D eigenvalue weighted by molar-refractivity contribution is 0.0969. The van der Waals surface area contributed by atoms with E-state index in [-0.39, 0.29) is 11.7 Å². The lowest BCUT2D eigenvalue weighted by atomic mass is 10.2. The van der Waals surface area contributed by atoms with Crippen LogP contribution in [-0.2, 0) is 0 Å². The minimum atomic E-state index is -0.282. The molecule has 0 saturated carbocycles. The molecule has 106 valence electrons. The summed E-state index contributed by atoms with van der Waals surface area (Å²) in [7, 11) is 1.69. The first-order valence-electron chi connectivity index (χ1n) is 6.39. The highest BCUT2D eigenvalue weighted by molar-refractivity contribution is 9.10. The standard InChI is InChI=1S/C16H13BrN2O2/c1-19(12-8-4-3-7-11(12)17)16(20)15-14(18)10-6-2-5-9-13(10)21-15/h2-9H,18H2,1H3. The third-order valence-electron chi connectivity index (χ3n) is 3.35. The summed E-state index contributed by atoms with van der Waals surface area (Å²) in [6.45, 7) is 0. The molecular formula is C16H13BrN2O2. The van der Waals surface area contributed by atoms with Gasteiger partial charge in [0.1, 0.15) is 5.58 Å². The molecule has 4 nitrogen and oxygen atoms in total. The number of nitrogens with two attached hydrogens (primary N) is 1. The van der Waals surface area contributed by atoms with Gasteiger partial charge in [-0.1, -0.05) is 24.3 Å². The van der Waals surface area contributed by atoms with Crippen LogP contribution in [0.1, 0.15) is 10.6 Å². The molecule has 2 aromatic carbocycles. The predicted octanol–water partition coefficient (Wildman–Crippen LogP) is 4.05. The number of nitrogen functional groups attached to an aromatic ring is 1. The van der Waals surface area contributed by atoms with Crippen LogP contribution in [0.2, 0.25) is 0 Å². The minimum Gasteiger partial charge on any atom is -0.449 e. The summed E-state index contributed by atoms with van der Waals surface area (Å²) in [5.74, 6) is -0.120. The number of hydrogen-bond donors (Lipinski definition) is 1. The Kier molecular flexibility index (Phi) is 3.43. The van der Waals surface area contributed by atoms with Crippen LogP contribution in [0, 0.1) is 0 Å². The van der Waals surface area contributed by atoms with E-state index in [0.29, 0.717) is 11.3 Å². The predicted molar refractivity (Wildman–Crippen MR) is 87.5 cm³/mol. The highest BCUT2D eigenvalue weighted by Gasteiger charge is 2.23. The molecule has 5 heteroatoms. The second-order valence-corrected chi connectivity index (χ2v) is 5.51. The summed E-state index contributed by atoms with van der Waals surface area (Å²) in [4.78, 5) is 14.1. The van der Waals surface area contributed by atoms with Crippen LogP contribution in [0.5, 0.6) is 0 Å². The Labute approximate surface area is 130 Å². The van der Waals surface area contributed by atoms with Crippen LogP contribution in [0.4, 0.5) is 11.4 Å². The van der Waals surface area contributed by atoms with Crippen LogP contribution in [0.15, 0.2) is 57.4 Å². The van der Waals surface area contributed by atoms with E-state index in [1.165, 1.54) is 4.90 Å². The second-order valence-electron chi connectivity index (χ2n) is 4.66. The molecule has 0 bridgehead atoms. The van der Waals surface area contributed by atoms with E-state index in [0.717, 1.165) is 15.5 Å². The van der Waals surface area contributed by atoms with Crippen molar-refractivity contribution in [2.75, 3.05) is 17.7 Å². The Balaban J connectivity index is 2.04. The molecule has 1 heterocycles. The Hall–Kier alpha value is -2.27. The van der Waals surface area contributed by atoms with Gasteiger partial charge in [-0.05, 0) is 40.2 Å². The smallest absolute Gasteiger partial charge is 0.295 e. The second kappa shape index (κ2) is 5.26. The average Bonchev–Trinajstić information content (AvgIpc) is 2.84. The van der Waals surface area contributed by atoms with Crippen molar-refractivity contribution < 1.29 is 9.21 Å². The van der Waals surface area contributed by atoms with Gasteiger partial charge in [0.2, 0.25) is 5.76 Å². The van der Waals surface area contributed by atoms with Crippen molar-refractivity contribution in [3.8, 4) is 0 Å². The van der Waals surface area contributed by atoms with Crippen LogP contribution >= 0.6 is 15.9 Å². The van der Waals surface area contributed by atoms with Crippen molar-refractivity contribution in [2.24, 2.45) is 0 Å². The molecule has 3 aromatic rings. The Bertz CT molecular complexity index is 826. The van der Waals surface area contributed by atoms with E-state index in [9.17, 15) is 4.79 Å². The molecule has 0 aliphatic rings. The molecular weight excluding hydrogens is 332 g/mol. The molecule has 21 heavy (non-hydrogen) atoms. The van der Waals surface area contributed by atoms with E-state index in [1.807, 2.05) is 42.5 Å². The maximum Gasteiger partial charge on any atom is 0.295 e. The average molecular weight is 345 g/mol. The van der Waals surface area contributed by atoms with Crippen molar-refractivity contribution in [1.29, 1.82) is 0 Å². The third kappa shape index (κ3) is 2.29. The number of para-hydroxylation sites is 2. The first-order valence-corrected chi connectivity index (χ1v) is 7.18. The number of carbonyl (C=O) groups is 1.